The van der Waals surface area contributed by atoms with Crippen molar-refractivity contribution in [2.24, 2.45) is 0 Å². The average Bonchev–Trinajstić information content (AvgIpc) is 2.98. The van der Waals surface area contributed by atoms with E-state index >= 15 is 0 Å². The van der Waals surface area contributed by atoms with Gasteiger partial charge in [0.15, 0.2) is 11.9 Å². The van der Waals surface area contributed by atoms with E-state index in [2.05, 4.69) is 13.0 Å². The number of methoxy groups -OCH3 is 1. The first kappa shape index (κ1) is 20.3. The molecule has 150 valence electrons. The standard InChI is InChI=1S/C21H30O6/c1-5-6-12-17(15-10-8-7-9-11-15)26-19-18(23-4)16(22)13-24-21(19)14-25-20(2,3)27-21/h7-12,16,18-19,22H,5-6,13-14H2,1-4H3/b17-12+/t16-,18-,19-,21+/m1/s1. The van der Waals surface area contributed by atoms with Crippen LogP contribution < -0.4 is 0 Å². The van der Waals surface area contributed by atoms with Crippen molar-refractivity contribution in [2.75, 3.05) is 20.3 Å². The van der Waals surface area contributed by atoms with Crippen molar-refractivity contribution >= 4 is 5.76 Å². The topological polar surface area (TPSA) is 66.4 Å². The Morgan fingerprint density at radius 2 is 2.00 bits per heavy atom. The van der Waals surface area contributed by atoms with E-state index in [1.54, 1.807) is 7.11 Å². The molecule has 6 heteroatoms. The van der Waals surface area contributed by atoms with Crippen molar-refractivity contribution in [1.29, 1.82) is 0 Å². The monoisotopic (exact) mass is 378 g/mol. The molecular formula is C21H30O6. The first-order valence-electron chi connectivity index (χ1n) is 9.52. The zero-order valence-electron chi connectivity index (χ0n) is 16.5. The molecule has 0 amide bonds. The van der Waals surface area contributed by atoms with Gasteiger partial charge >= 0.3 is 0 Å². The fourth-order valence-electron chi connectivity index (χ4n) is 3.50. The molecule has 1 N–H and O–H groups in total. The third-order valence-electron chi connectivity index (χ3n) is 4.85. The highest BCUT2D eigenvalue weighted by molar-refractivity contribution is 5.59. The second-order valence-electron chi connectivity index (χ2n) is 7.44. The molecule has 2 fully saturated rings. The summed E-state index contributed by atoms with van der Waals surface area (Å²) in [7, 11) is 1.56. The molecular weight excluding hydrogens is 348 g/mol. The first-order chi connectivity index (χ1) is 12.9. The molecule has 3 rings (SSSR count). The predicted molar refractivity (Wildman–Crippen MR) is 101 cm³/mol. The van der Waals surface area contributed by atoms with E-state index in [1.165, 1.54) is 0 Å². The highest BCUT2D eigenvalue weighted by atomic mass is 16.8. The lowest BCUT2D eigenvalue weighted by atomic mass is 9.96. The lowest BCUT2D eigenvalue weighted by Gasteiger charge is -2.45. The number of allylic oxidation sites excluding steroid dienone is 1. The van der Waals surface area contributed by atoms with Crippen molar-refractivity contribution in [2.45, 2.75) is 63.5 Å². The van der Waals surface area contributed by atoms with Crippen LogP contribution in [0.2, 0.25) is 0 Å². The quantitative estimate of drug-likeness (QED) is 0.768. The summed E-state index contributed by atoms with van der Waals surface area (Å²) in [6.45, 7) is 6.08. The smallest absolute Gasteiger partial charge is 0.235 e. The van der Waals surface area contributed by atoms with Crippen LogP contribution in [0.5, 0.6) is 0 Å². The third-order valence-corrected chi connectivity index (χ3v) is 4.85. The molecule has 0 bridgehead atoms. The number of aliphatic hydroxyl groups is 1. The highest BCUT2D eigenvalue weighted by Gasteiger charge is 2.60. The van der Waals surface area contributed by atoms with Crippen molar-refractivity contribution in [1.82, 2.24) is 0 Å². The van der Waals surface area contributed by atoms with Crippen LogP contribution in [0.3, 0.4) is 0 Å². The summed E-state index contributed by atoms with van der Waals surface area (Å²) in [5, 5.41) is 10.4. The van der Waals surface area contributed by atoms with Gasteiger partial charge in [-0.25, -0.2) is 0 Å². The summed E-state index contributed by atoms with van der Waals surface area (Å²) in [6, 6.07) is 9.88. The van der Waals surface area contributed by atoms with E-state index in [0.717, 1.165) is 24.2 Å². The summed E-state index contributed by atoms with van der Waals surface area (Å²) in [6.07, 6.45) is 1.81. The van der Waals surface area contributed by atoms with Gasteiger partial charge in [0.25, 0.3) is 0 Å². The zero-order chi connectivity index (χ0) is 19.5. The Morgan fingerprint density at radius 3 is 2.59 bits per heavy atom. The molecule has 4 atom stereocenters. The number of hydrogen-bond acceptors (Lipinski definition) is 6. The summed E-state index contributed by atoms with van der Waals surface area (Å²) in [4.78, 5) is 0. The summed E-state index contributed by atoms with van der Waals surface area (Å²) >= 11 is 0. The molecule has 2 aliphatic rings. The van der Waals surface area contributed by atoms with Gasteiger partial charge in [0.1, 0.15) is 24.6 Å². The first-order valence-corrected chi connectivity index (χ1v) is 9.52. The highest BCUT2D eigenvalue weighted by Crippen LogP contribution is 2.42. The average molecular weight is 378 g/mol. The van der Waals surface area contributed by atoms with Gasteiger partial charge in [0.05, 0.1) is 6.61 Å². The zero-order valence-corrected chi connectivity index (χ0v) is 16.5. The molecule has 0 saturated carbocycles. The molecule has 1 aromatic carbocycles. The van der Waals surface area contributed by atoms with Crippen LogP contribution in [-0.4, -0.2) is 55.3 Å². The number of rotatable bonds is 6. The minimum absolute atomic E-state index is 0.0944. The van der Waals surface area contributed by atoms with Crippen LogP contribution in [0, 0.1) is 0 Å². The maximum absolute atomic E-state index is 10.4. The normalized spacial score (nSPS) is 33.4. The second kappa shape index (κ2) is 8.29. The van der Waals surface area contributed by atoms with Gasteiger partial charge in [-0.05, 0) is 26.3 Å². The Bertz CT molecular complexity index is 643. The number of aliphatic hydroxyl groups excluding tert-OH is 1. The van der Waals surface area contributed by atoms with Gasteiger partial charge < -0.3 is 28.8 Å². The molecule has 0 aliphatic carbocycles. The Hall–Kier alpha value is -1.44. The number of benzene rings is 1. The van der Waals surface area contributed by atoms with E-state index in [4.69, 9.17) is 23.7 Å². The van der Waals surface area contributed by atoms with Gasteiger partial charge in [0.2, 0.25) is 5.79 Å². The van der Waals surface area contributed by atoms with Crippen LogP contribution in [0.25, 0.3) is 5.76 Å². The SMILES string of the molecule is CCC/C=C(/O[C@@H]1[C@H](OC)[C@H](O)CO[C@]12COC(C)(C)O2)c1ccccc1. The van der Waals surface area contributed by atoms with E-state index in [1.807, 2.05) is 44.2 Å². The fourth-order valence-corrected chi connectivity index (χ4v) is 3.50. The summed E-state index contributed by atoms with van der Waals surface area (Å²) < 4.78 is 29.9. The Kier molecular flexibility index (Phi) is 6.23. The minimum Gasteiger partial charge on any atom is -0.482 e. The number of ether oxygens (including phenoxy) is 5. The van der Waals surface area contributed by atoms with Crippen molar-refractivity contribution in [3.05, 3.63) is 42.0 Å². The Labute approximate surface area is 161 Å². The van der Waals surface area contributed by atoms with Gasteiger partial charge in [0, 0.05) is 12.7 Å². The lowest BCUT2D eigenvalue weighted by Crippen LogP contribution is -2.63. The summed E-state index contributed by atoms with van der Waals surface area (Å²) in [5.41, 5.74) is 0.953. The largest absolute Gasteiger partial charge is 0.482 e. The van der Waals surface area contributed by atoms with Crippen molar-refractivity contribution in [3.63, 3.8) is 0 Å². The van der Waals surface area contributed by atoms with Crippen LogP contribution in [0.1, 0.15) is 39.2 Å². The van der Waals surface area contributed by atoms with Crippen molar-refractivity contribution < 1.29 is 28.8 Å². The number of hydrogen-bond donors (Lipinski definition) is 1. The minimum atomic E-state index is -1.14. The Balaban J connectivity index is 1.94. The molecule has 0 unspecified atom stereocenters. The molecule has 27 heavy (non-hydrogen) atoms. The molecule has 1 spiro atoms. The third kappa shape index (κ3) is 4.36. The second-order valence-corrected chi connectivity index (χ2v) is 7.44. The molecule has 2 aliphatic heterocycles. The van der Waals surface area contributed by atoms with Crippen LogP contribution in [-0.2, 0) is 23.7 Å². The van der Waals surface area contributed by atoms with Crippen LogP contribution in [0.4, 0.5) is 0 Å². The van der Waals surface area contributed by atoms with E-state index in [9.17, 15) is 5.11 Å². The van der Waals surface area contributed by atoms with Crippen LogP contribution in [0.15, 0.2) is 36.4 Å². The molecule has 2 saturated heterocycles. The lowest BCUT2D eigenvalue weighted by molar-refractivity contribution is -0.338. The maximum atomic E-state index is 10.4. The van der Waals surface area contributed by atoms with Gasteiger partial charge in [-0.15, -0.1) is 0 Å². The van der Waals surface area contributed by atoms with Gasteiger partial charge in [-0.3, -0.25) is 0 Å². The van der Waals surface area contributed by atoms with E-state index < -0.39 is 29.9 Å². The van der Waals surface area contributed by atoms with Gasteiger partial charge in [-0.1, -0.05) is 43.7 Å². The van der Waals surface area contributed by atoms with Crippen molar-refractivity contribution in [3.8, 4) is 0 Å². The predicted octanol–water partition coefficient (Wildman–Crippen LogP) is 3.10. The van der Waals surface area contributed by atoms with E-state index in [-0.39, 0.29) is 13.2 Å². The Morgan fingerprint density at radius 1 is 1.26 bits per heavy atom. The van der Waals surface area contributed by atoms with E-state index in [0.29, 0.717) is 0 Å². The molecule has 6 nitrogen and oxygen atoms in total. The number of unbranched alkanes of at least 4 members (excludes halogenated alkanes) is 1. The van der Waals surface area contributed by atoms with Crippen LogP contribution >= 0.6 is 0 Å². The molecule has 0 aromatic heterocycles. The fraction of sp³-hybridized carbons (Fsp3) is 0.619. The summed E-state index contributed by atoms with van der Waals surface area (Å²) in [5.74, 6) is -1.22. The molecule has 0 radical (unpaired) electrons. The molecule has 2 heterocycles. The maximum Gasteiger partial charge on any atom is 0.235 e. The van der Waals surface area contributed by atoms with Gasteiger partial charge in [-0.2, -0.15) is 0 Å². The molecule has 1 aromatic rings.